The lowest BCUT2D eigenvalue weighted by molar-refractivity contribution is -0.235. The van der Waals surface area contributed by atoms with Crippen molar-refractivity contribution in [1.29, 1.82) is 0 Å². The molecule has 0 aromatic heterocycles. The number of fused-ring (bicyclic) bond motifs is 3. The van der Waals surface area contributed by atoms with Crippen molar-refractivity contribution >= 4 is 11.8 Å². The molecule has 0 saturated heterocycles. The van der Waals surface area contributed by atoms with E-state index in [0.717, 1.165) is 12.8 Å². The summed E-state index contributed by atoms with van der Waals surface area (Å²) in [7, 11) is 1.38. The van der Waals surface area contributed by atoms with Crippen LogP contribution in [-0.4, -0.2) is 53.0 Å². The van der Waals surface area contributed by atoms with E-state index in [4.69, 9.17) is 4.74 Å². The maximum Gasteiger partial charge on any atom is 0.311 e. The highest BCUT2D eigenvalue weighted by Gasteiger charge is 2.73. The fourth-order valence-electron chi connectivity index (χ4n) is 7.86. The normalized spacial score (nSPS) is 54.2. The van der Waals surface area contributed by atoms with Gasteiger partial charge in [-0.1, -0.05) is 6.92 Å². The lowest BCUT2D eigenvalue weighted by Crippen LogP contribution is -2.68. The van der Waals surface area contributed by atoms with Crippen LogP contribution in [-0.2, 0) is 14.3 Å². The number of carbonyl (C=O) groups excluding carboxylic acids is 2. The molecule has 4 aliphatic carbocycles. The Labute approximate surface area is 160 Å². The summed E-state index contributed by atoms with van der Waals surface area (Å²) in [6, 6.07) is 0. The van der Waals surface area contributed by atoms with E-state index in [2.05, 4.69) is 0 Å². The van der Waals surface area contributed by atoms with Crippen LogP contribution in [0, 0.1) is 39.9 Å². The van der Waals surface area contributed by atoms with Crippen LogP contribution in [0.25, 0.3) is 0 Å². The van der Waals surface area contributed by atoms with E-state index in [1.807, 2.05) is 13.8 Å². The Morgan fingerprint density at radius 2 is 1.85 bits per heavy atom. The maximum absolute atomic E-state index is 13.4. The van der Waals surface area contributed by atoms with Crippen molar-refractivity contribution in [3.63, 3.8) is 0 Å². The summed E-state index contributed by atoms with van der Waals surface area (Å²) in [5, 5.41) is 32.1. The minimum Gasteiger partial charge on any atom is -0.469 e. The fraction of sp³-hybridized carbons (Fsp3) is 0.905. The SMILES string of the molecule is COC(=O)[C@]1(C)CC[C@H](O)[C@@]2(C)[C@@H]3CC[C@@H]4C[C@]3(C(=O)C4CO)[C@@H](O)C[C@@H]21. The third-order valence-corrected chi connectivity index (χ3v) is 9.24. The predicted octanol–water partition coefficient (Wildman–Crippen LogP) is 1.30. The molecule has 4 fully saturated rings. The van der Waals surface area contributed by atoms with Crippen molar-refractivity contribution in [3.05, 3.63) is 0 Å². The molecule has 2 bridgehead atoms. The topological polar surface area (TPSA) is 104 Å². The number of hydrogen-bond acceptors (Lipinski definition) is 6. The average Bonchev–Trinajstić information content (AvgIpc) is 2.87. The van der Waals surface area contributed by atoms with Crippen LogP contribution in [0.2, 0.25) is 0 Å². The van der Waals surface area contributed by atoms with Gasteiger partial charge in [-0.2, -0.15) is 0 Å². The van der Waals surface area contributed by atoms with E-state index < -0.39 is 34.4 Å². The molecule has 1 spiro atoms. The summed E-state index contributed by atoms with van der Waals surface area (Å²) in [6.07, 6.45) is 2.00. The number of ether oxygens (including phenoxy) is 1. The maximum atomic E-state index is 13.4. The molecule has 0 amide bonds. The lowest BCUT2D eigenvalue weighted by atomic mass is 9.39. The first-order valence-electron chi connectivity index (χ1n) is 10.3. The smallest absolute Gasteiger partial charge is 0.311 e. The molecule has 1 unspecified atom stereocenters. The first-order chi connectivity index (χ1) is 12.7. The Morgan fingerprint density at radius 1 is 1.15 bits per heavy atom. The highest BCUT2D eigenvalue weighted by molar-refractivity contribution is 5.91. The van der Waals surface area contributed by atoms with E-state index in [-0.39, 0.29) is 36.1 Å². The molecule has 4 aliphatic rings. The number of esters is 1. The quantitative estimate of drug-likeness (QED) is 0.624. The number of methoxy groups -OCH3 is 1. The molecule has 4 rings (SSSR count). The van der Waals surface area contributed by atoms with Crippen molar-refractivity contribution in [3.8, 4) is 0 Å². The first kappa shape index (κ1) is 19.3. The lowest BCUT2D eigenvalue weighted by Gasteiger charge is -2.65. The highest BCUT2D eigenvalue weighted by atomic mass is 16.5. The van der Waals surface area contributed by atoms with Gasteiger partial charge in [-0.25, -0.2) is 0 Å². The minimum absolute atomic E-state index is 0.0257. The second-order valence-corrected chi connectivity index (χ2v) is 9.92. The van der Waals surface area contributed by atoms with Gasteiger partial charge in [0.05, 0.1) is 36.8 Å². The highest BCUT2D eigenvalue weighted by Crippen LogP contribution is 2.71. The number of aliphatic hydroxyl groups excluding tert-OH is 3. The van der Waals surface area contributed by atoms with E-state index >= 15 is 0 Å². The molecule has 152 valence electrons. The summed E-state index contributed by atoms with van der Waals surface area (Å²) in [6.45, 7) is 3.73. The molecule has 27 heavy (non-hydrogen) atoms. The van der Waals surface area contributed by atoms with E-state index in [1.54, 1.807) is 0 Å². The molecule has 6 heteroatoms. The summed E-state index contributed by atoms with van der Waals surface area (Å²) >= 11 is 0. The molecule has 4 saturated carbocycles. The third kappa shape index (κ3) is 2.12. The molecule has 6 nitrogen and oxygen atoms in total. The number of hydrogen-bond donors (Lipinski definition) is 3. The largest absolute Gasteiger partial charge is 0.469 e. The Kier molecular flexibility index (Phi) is 4.30. The van der Waals surface area contributed by atoms with Gasteiger partial charge in [0.25, 0.3) is 0 Å². The van der Waals surface area contributed by atoms with Gasteiger partial charge in [-0.3, -0.25) is 9.59 Å². The predicted molar refractivity (Wildman–Crippen MR) is 96.4 cm³/mol. The zero-order valence-corrected chi connectivity index (χ0v) is 16.5. The molecule has 9 atom stereocenters. The first-order valence-corrected chi connectivity index (χ1v) is 10.3. The molecule has 3 N–H and O–H groups in total. The minimum atomic E-state index is -0.892. The fourth-order valence-corrected chi connectivity index (χ4v) is 7.86. The van der Waals surface area contributed by atoms with Crippen molar-refractivity contribution in [1.82, 2.24) is 0 Å². The van der Waals surface area contributed by atoms with E-state index in [1.165, 1.54) is 7.11 Å². The van der Waals surface area contributed by atoms with Crippen molar-refractivity contribution < 1.29 is 29.6 Å². The molecule has 0 aromatic carbocycles. The number of ketones is 1. The average molecular weight is 380 g/mol. The summed E-state index contributed by atoms with van der Waals surface area (Å²) in [5.74, 6) is -1.04. The van der Waals surface area contributed by atoms with Gasteiger partial charge in [0, 0.05) is 11.3 Å². The number of aliphatic hydroxyl groups is 3. The van der Waals surface area contributed by atoms with Crippen LogP contribution in [0.3, 0.4) is 0 Å². The van der Waals surface area contributed by atoms with Gasteiger partial charge in [-0.05, 0) is 63.2 Å². The zero-order valence-electron chi connectivity index (χ0n) is 16.5. The molecular weight excluding hydrogens is 348 g/mol. The number of Topliss-reactive ketones (excluding diaryl/α,β-unsaturated/α-hetero) is 1. The van der Waals surface area contributed by atoms with Gasteiger partial charge >= 0.3 is 5.97 Å². The van der Waals surface area contributed by atoms with Gasteiger partial charge in [-0.15, -0.1) is 0 Å². The summed E-state index contributed by atoms with van der Waals surface area (Å²) in [5.41, 5.74) is -2.30. The van der Waals surface area contributed by atoms with Gasteiger partial charge in [0.15, 0.2) is 0 Å². The Bertz CT molecular complexity index is 663. The third-order valence-electron chi connectivity index (χ3n) is 9.24. The molecular formula is C21H32O6. The van der Waals surface area contributed by atoms with Gasteiger partial charge in [0.2, 0.25) is 0 Å². The second kappa shape index (κ2) is 6.01. The summed E-state index contributed by atoms with van der Waals surface area (Å²) < 4.78 is 5.11. The van der Waals surface area contributed by atoms with Crippen molar-refractivity contribution in [2.24, 2.45) is 39.9 Å². The van der Waals surface area contributed by atoms with Crippen molar-refractivity contribution in [2.45, 2.75) is 64.6 Å². The van der Waals surface area contributed by atoms with E-state index in [0.29, 0.717) is 25.7 Å². The van der Waals surface area contributed by atoms with Crippen LogP contribution >= 0.6 is 0 Å². The Morgan fingerprint density at radius 3 is 2.48 bits per heavy atom. The Hall–Kier alpha value is -0.980. The van der Waals surface area contributed by atoms with Crippen LogP contribution in [0.5, 0.6) is 0 Å². The molecule has 0 aromatic rings. The van der Waals surface area contributed by atoms with Gasteiger partial charge < -0.3 is 20.1 Å². The number of carbonyl (C=O) groups is 2. The Balaban J connectivity index is 1.83. The van der Waals surface area contributed by atoms with Crippen LogP contribution in [0.1, 0.15) is 52.4 Å². The molecule has 0 radical (unpaired) electrons. The standard InChI is InChI=1S/C21H32O6/c1-19(18(26)27-3)7-6-15(23)20(2)13-5-4-11-9-21(13,16(24)8-14(19)20)17(25)12(11)10-22/h11-16,22-24H,4-10H2,1-3H3/t11-,12?,13+,14-,15+,16+,19-,20+,21-/m1/s1. The number of rotatable bonds is 2. The van der Waals surface area contributed by atoms with E-state index in [9.17, 15) is 24.9 Å². The van der Waals surface area contributed by atoms with Crippen molar-refractivity contribution in [2.75, 3.05) is 13.7 Å². The monoisotopic (exact) mass is 380 g/mol. The zero-order chi connectivity index (χ0) is 19.8. The van der Waals surface area contributed by atoms with Crippen LogP contribution in [0.15, 0.2) is 0 Å². The van der Waals surface area contributed by atoms with Crippen LogP contribution < -0.4 is 0 Å². The van der Waals surface area contributed by atoms with Crippen LogP contribution in [0.4, 0.5) is 0 Å². The molecule has 0 aliphatic heterocycles. The van der Waals surface area contributed by atoms with Gasteiger partial charge in [0.1, 0.15) is 5.78 Å². The molecule has 0 heterocycles. The summed E-state index contributed by atoms with van der Waals surface area (Å²) in [4.78, 5) is 26.1. The second-order valence-electron chi connectivity index (χ2n) is 9.92.